The van der Waals surface area contributed by atoms with E-state index < -0.39 is 32.6 Å². The van der Waals surface area contributed by atoms with E-state index in [1.165, 1.54) is 6.26 Å². The van der Waals surface area contributed by atoms with Gasteiger partial charge in [0.2, 0.25) is 0 Å². The van der Waals surface area contributed by atoms with Crippen molar-refractivity contribution in [2.45, 2.75) is 17.6 Å². The molecule has 3 rings (SSSR count). The molecule has 0 atom stereocenters. The third-order valence-corrected chi connectivity index (χ3v) is 6.16. The van der Waals surface area contributed by atoms with E-state index in [-0.39, 0.29) is 27.8 Å². The van der Waals surface area contributed by atoms with Crippen molar-refractivity contribution in [2.24, 2.45) is 0 Å². The monoisotopic (exact) mass is 492 g/mol. The zero-order valence-electron chi connectivity index (χ0n) is 15.3. The van der Waals surface area contributed by atoms with Gasteiger partial charge in [0.05, 0.1) is 34.0 Å². The number of halogens is 5. The second-order valence-corrected chi connectivity index (χ2v) is 8.67. The quantitative estimate of drug-likeness (QED) is 0.486. The first kappa shape index (κ1) is 23.0. The number of hydrogen-bond donors (Lipinski definition) is 2. The summed E-state index contributed by atoms with van der Waals surface area (Å²) < 4.78 is 71.3. The SMILES string of the molecule is O=C(NCc1ccco1)c1cc(S(=O)(=O)Nc2cccc(C(F)(F)F)c2)c(Cl)cc1Cl. The molecule has 2 aromatic carbocycles. The van der Waals surface area contributed by atoms with Gasteiger partial charge in [0, 0.05) is 5.69 Å². The highest BCUT2D eigenvalue weighted by molar-refractivity contribution is 7.92. The lowest BCUT2D eigenvalue weighted by Crippen LogP contribution is -2.23. The Hall–Kier alpha value is -2.69. The summed E-state index contributed by atoms with van der Waals surface area (Å²) in [5.41, 5.74) is -1.56. The Bertz CT molecular complexity index is 1210. The van der Waals surface area contributed by atoms with Crippen molar-refractivity contribution < 1.29 is 30.8 Å². The van der Waals surface area contributed by atoms with Gasteiger partial charge in [-0.2, -0.15) is 13.2 Å². The molecule has 0 aliphatic carbocycles. The van der Waals surface area contributed by atoms with E-state index >= 15 is 0 Å². The van der Waals surface area contributed by atoms with Crippen molar-refractivity contribution in [3.8, 4) is 0 Å². The van der Waals surface area contributed by atoms with Crippen molar-refractivity contribution >= 4 is 44.8 Å². The zero-order chi connectivity index (χ0) is 22.8. The Kier molecular flexibility index (Phi) is 6.54. The third-order valence-electron chi connectivity index (χ3n) is 4.00. The molecule has 0 saturated heterocycles. The second-order valence-electron chi connectivity index (χ2n) is 6.21. The molecule has 164 valence electrons. The molecule has 0 radical (unpaired) electrons. The molecule has 6 nitrogen and oxygen atoms in total. The minimum atomic E-state index is -4.65. The number of alkyl halides is 3. The summed E-state index contributed by atoms with van der Waals surface area (Å²) in [6.07, 6.45) is -3.24. The number of carbonyl (C=O) groups excluding carboxylic acids is 1. The van der Waals surface area contributed by atoms with Gasteiger partial charge in [-0.25, -0.2) is 8.42 Å². The maximum atomic E-state index is 12.9. The lowest BCUT2D eigenvalue weighted by Gasteiger charge is -2.14. The molecule has 1 amide bonds. The van der Waals surface area contributed by atoms with Crippen LogP contribution in [0.15, 0.2) is 64.1 Å². The summed E-state index contributed by atoms with van der Waals surface area (Å²) in [5.74, 6) is -0.244. The molecule has 0 unspecified atom stereocenters. The number of anilines is 1. The minimum Gasteiger partial charge on any atom is -0.467 e. The lowest BCUT2D eigenvalue weighted by molar-refractivity contribution is -0.137. The molecule has 1 heterocycles. The highest BCUT2D eigenvalue weighted by Crippen LogP contribution is 2.33. The van der Waals surface area contributed by atoms with Gasteiger partial charge in [-0.3, -0.25) is 9.52 Å². The molecule has 0 aliphatic heterocycles. The zero-order valence-corrected chi connectivity index (χ0v) is 17.7. The number of benzene rings is 2. The fraction of sp³-hybridized carbons (Fsp3) is 0.105. The second kappa shape index (κ2) is 8.81. The molecular weight excluding hydrogens is 480 g/mol. The Balaban J connectivity index is 1.89. The first-order valence-corrected chi connectivity index (χ1v) is 10.7. The van der Waals surface area contributed by atoms with Crippen molar-refractivity contribution in [3.63, 3.8) is 0 Å². The minimum absolute atomic E-state index is 0.0232. The average molecular weight is 493 g/mol. The number of hydrogen-bond acceptors (Lipinski definition) is 4. The molecule has 0 bridgehead atoms. The van der Waals surface area contributed by atoms with Crippen LogP contribution in [0.1, 0.15) is 21.7 Å². The predicted molar refractivity (Wildman–Crippen MR) is 109 cm³/mol. The van der Waals surface area contributed by atoms with E-state index in [0.29, 0.717) is 11.8 Å². The molecule has 0 spiro atoms. The molecule has 0 aliphatic rings. The van der Waals surface area contributed by atoms with Crippen LogP contribution in [0, 0.1) is 0 Å². The van der Waals surface area contributed by atoms with Crippen LogP contribution in [0.4, 0.5) is 18.9 Å². The molecule has 0 saturated carbocycles. The number of carbonyl (C=O) groups is 1. The van der Waals surface area contributed by atoms with Crippen LogP contribution < -0.4 is 10.0 Å². The van der Waals surface area contributed by atoms with Gasteiger partial charge in [0.15, 0.2) is 0 Å². The van der Waals surface area contributed by atoms with E-state index in [9.17, 15) is 26.4 Å². The summed E-state index contributed by atoms with van der Waals surface area (Å²) in [7, 11) is -4.44. The van der Waals surface area contributed by atoms with Crippen molar-refractivity contribution in [1.82, 2.24) is 5.32 Å². The summed E-state index contributed by atoms with van der Waals surface area (Å²) in [6.45, 7) is 0.0232. The van der Waals surface area contributed by atoms with Crippen LogP contribution in [0.3, 0.4) is 0 Å². The van der Waals surface area contributed by atoms with Crippen LogP contribution >= 0.6 is 23.2 Å². The first-order valence-electron chi connectivity index (χ1n) is 8.47. The predicted octanol–water partition coefficient (Wildman–Crippen LogP) is 5.34. The Labute approximate surface area is 185 Å². The molecule has 0 fully saturated rings. The molecular formula is C19H13Cl2F3N2O4S. The maximum Gasteiger partial charge on any atom is 0.416 e. The van der Waals surface area contributed by atoms with Gasteiger partial charge in [-0.15, -0.1) is 0 Å². The van der Waals surface area contributed by atoms with Crippen molar-refractivity contribution in [1.29, 1.82) is 0 Å². The number of rotatable bonds is 6. The van der Waals surface area contributed by atoms with Crippen LogP contribution in [0.5, 0.6) is 0 Å². The van der Waals surface area contributed by atoms with Gasteiger partial charge < -0.3 is 9.73 Å². The van der Waals surface area contributed by atoms with Gasteiger partial charge in [-0.1, -0.05) is 29.3 Å². The topological polar surface area (TPSA) is 88.4 Å². The molecule has 2 N–H and O–H groups in total. The highest BCUT2D eigenvalue weighted by Gasteiger charge is 2.31. The number of sulfonamides is 1. The third kappa shape index (κ3) is 5.52. The number of furan rings is 1. The number of amides is 1. The lowest BCUT2D eigenvalue weighted by atomic mass is 10.2. The summed E-state index contributed by atoms with van der Waals surface area (Å²) in [4.78, 5) is 11.9. The standard InChI is InChI=1S/C19H13Cl2F3N2O4S/c20-15-9-16(21)17(8-14(15)18(27)25-10-13-5-2-6-30-13)31(28,29)26-12-4-1-3-11(7-12)19(22,23)24/h1-9,26H,10H2,(H,25,27). The summed E-state index contributed by atoms with van der Waals surface area (Å²) >= 11 is 12.0. The van der Waals surface area contributed by atoms with E-state index in [1.807, 2.05) is 4.72 Å². The van der Waals surface area contributed by atoms with Crippen molar-refractivity contribution in [3.05, 3.63) is 81.7 Å². The van der Waals surface area contributed by atoms with E-state index in [4.69, 9.17) is 27.6 Å². The Morgan fingerprint density at radius 3 is 2.42 bits per heavy atom. The highest BCUT2D eigenvalue weighted by atomic mass is 35.5. The largest absolute Gasteiger partial charge is 0.467 e. The smallest absolute Gasteiger partial charge is 0.416 e. The Morgan fingerprint density at radius 1 is 1.03 bits per heavy atom. The van der Waals surface area contributed by atoms with Gasteiger partial charge in [0.1, 0.15) is 10.7 Å². The summed E-state index contributed by atoms with van der Waals surface area (Å²) in [6, 6.07) is 8.89. The maximum absolute atomic E-state index is 12.9. The average Bonchev–Trinajstić information content (AvgIpc) is 3.18. The Morgan fingerprint density at radius 2 is 1.77 bits per heavy atom. The van der Waals surface area contributed by atoms with Crippen LogP contribution in [0.2, 0.25) is 10.0 Å². The summed E-state index contributed by atoms with van der Waals surface area (Å²) in [5, 5.41) is 2.09. The van der Waals surface area contributed by atoms with Crippen LogP contribution in [0.25, 0.3) is 0 Å². The molecule has 3 aromatic rings. The first-order chi connectivity index (χ1) is 14.5. The van der Waals surface area contributed by atoms with E-state index in [2.05, 4.69) is 5.32 Å². The van der Waals surface area contributed by atoms with Gasteiger partial charge in [-0.05, 0) is 42.5 Å². The molecule has 12 heteroatoms. The fourth-order valence-electron chi connectivity index (χ4n) is 2.55. The van der Waals surface area contributed by atoms with Crippen LogP contribution in [-0.4, -0.2) is 14.3 Å². The number of nitrogens with one attached hydrogen (secondary N) is 2. The van der Waals surface area contributed by atoms with E-state index in [1.54, 1.807) is 12.1 Å². The van der Waals surface area contributed by atoms with Crippen LogP contribution in [-0.2, 0) is 22.7 Å². The molecule has 31 heavy (non-hydrogen) atoms. The fourth-order valence-corrected chi connectivity index (χ4v) is 4.46. The molecule has 1 aromatic heterocycles. The van der Waals surface area contributed by atoms with Gasteiger partial charge >= 0.3 is 6.18 Å². The van der Waals surface area contributed by atoms with Gasteiger partial charge in [0.25, 0.3) is 15.9 Å². The normalized spacial score (nSPS) is 11.9. The van der Waals surface area contributed by atoms with E-state index in [0.717, 1.165) is 30.3 Å². The van der Waals surface area contributed by atoms with Crippen molar-refractivity contribution in [2.75, 3.05) is 4.72 Å².